The summed E-state index contributed by atoms with van der Waals surface area (Å²) in [5.74, 6) is 0.259. The number of aromatic nitrogens is 1. The van der Waals surface area contributed by atoms with Gasteiger partial charge in [-0.1, -0.05) is 12.8 Å². The molecular weight excluding hydrogens is 264 g/mol. The second-order valence-electron chi connectivity index (χ2n) is 6.40. The van der Waals surface area contributed by atoms with Crippen LogP contribution in [-0.4, -0.2) is 48.1 Å². The van der Waals surface area contributed by atoms with Gasteiger partial charge >= 0.3 is 0 Å². The van der Waals surface area contributed by atoms with Crippen LogP contribution >= 0.6 is 0 Å². The molecule has 0 atom stereocenters. The van der Waals surface area contributed by atoms with Crippen molar-refractivity contribution >= 4 is 5.78 Å². The van der Waals surface area contributed by atoms with Gasteiger partial charge in [-0.25, -0.2) is 0 Å². The molecule has 1 aliphatic carbocycles. The van der Waals surface area contributed by atoms with Gasteiger partial charge < -0.3 is 9.30 Å². The number of hydrogen-bond donors (Lipinski definition) is 0. The third-order valence-corrected chi connectivity index (χ3v) is 4.95. The lowest BCUT2D eigenvalue weighted by molar-refractivity contribution is 0.0371. The number of ketones is 1. The largest absolute Gasteiger partial charge is 0.379 e. The maximum Gasteiger partial charge on any atom is 0.178 e. The minimum absolute atomic E-state index is 0.259. The van der Waals surface area contributed by atoms with Crippen LogP contribution in [0.3, 0.4) is 0 Å². The lowest BCUT2D eigenvalue weighted by Crippen LogP contribution is -2.39. The molecule has 4 heteroatoms. The Bertz CT molecular complexity index is 509. The van der Waals surface area contributed by atoms with Gasteiger partial charge in [-0.05, 0) is 32.8 Å². The summed E-state index contributed by atoms with van der Waals surface area (Å²) < 4.78 is 7.75. The van der Waals surface area contributed by atoms with Crippen LogP contribution in [0.4, 0.5) is 0 Å². The fourth-order valence-electron chi connectivity index (χ4n) is 3.83. The summed E-state index contributed by atoms with van der Waals surface area (Å²) in [6.07, 6.45) is 5.15. The molecule has 2 fully saturated rings. The lowest BCUT2D eigenvalue weighted by atomic mass is 10.1. The normalized spacial score (nSPS) is 21.0. The Hall–Kier alpha value is -1.13. The highest BCUT2D eigenvalue weighted by atomic mass is 16.5. The highest BCUT2D eigenvalue weighted by Gasteiger charge is 2.24. The van der Waals surface area contributed by atoms with Crippen molar-refractivity contribution in [3.63, 3.8) is 0 Å². The number of carbonyl (C=O) groups excluding carboxylic acids is 1. The molecule has 0 spiro atoms. The number of hydrogen-bond acceptors (Lipinski definition) is 3. The quantitative estimate of drug-likeness (QED) is 0.800. The van der Waals surface area contributed by atoms with E-state index >= 15 is 0 Å². The number of ether oxygens (including phenoxy) is 1. The molecule has 1 saturated carbocycles. The Balaban J connectivity index is 1.75. The molecule has 0 aromatic carbocycles. The number of nitrogens with zero attached hydrogens (tertiary/aromatic N) is 2. The fourth-order valence-corrected chi connectivity index (χ4v) is 3.83. The van der Waals surface area contributed by atoms with Crippen molar-refractivity contribution in [2.24, 2.45) is 0 Å². The van der Waals surface area contributed by atoms with Crippen LogP contribution in [0, 0.1) is 13.8 Å². The van der Waals surface area contributed by atoms with E-state index in [2.05, 4.69) is 29.4 Å². The van der Waals surface area contributed by atoms with E-state index in [4.69, 9.17) is 4.74 Å². The van der Waals surface area contributed by atoms with Gasteiger partial charge in [0.2, 0.25) is 0 Å². The SMILES string of the molecule is Cc1cc(C(=O)CN2CCOCC2)c(C)n1C1CCCC1. The van der Waals surface area contributed by atoms with Crippen LogP contribution in [0.1, 0.15) is 53.5 Å². The molecule has 0 N–H and O–H groups in total. The fraction of sp³-hybridized carbons (Fsp3) is 0.706. The molecule has 1 aliphatic heterocycles. The van der Waals surface area contributed by atoms with Crippen LogP contribution in [0.25, 0.3) is 0 Å². The monoisotopic (exact) mass is 290 g/mol. The van der Waals surface area contributed by atoms with E-state index in [1.807, 2.05) is 0 Å². The van der Waals surface area contributed by atoms with E-state index < -0.39 is 0 Å². The number of rotatable bonds is 4. The molecule has 1 saturated heterocycles. The Morgan fingerprint density at radius 3 is 2.57 bits per heavy atom. The summed E-state index contributed by atoms with van der Waals surface area (Å²) >= 11 is 0. The third kappa shape index (κ3) is 3.06. The maximum atomic E-state index is 12.6. The van der Waals surface area contributed by atoms with Gasteiger partial charge in [-0.2, -0.15) is 0 Å². The van der Waals surface area contributed by atoms with Gasteiger partial charge in [0.1, 0.15) is 0 Å². The molecule has 0 radical (unpaired) electrons. The average Bonchev–Trinajstić information content (AvgIpc) is 3.08. The first-order chi connectivity index (χ1) is 10.2. The number of Topliss-reactive ketones (excluding diaryl/α,β-unsaturated/α-hetero) is 1. The molecule has 2 heterocycles. The molecule has 1 aromatic rings. The number of aryl methyl sites for hydroxylation is 1. The molecule has 0 amide bonds. The van der Waals surface area contributed by atoms with Crippen molar-refractivity contribution in [3.8, 4) is 0 Å². The van der Waals surface area contributed by atoms with Gasteiger partial charge in [0, 0.05) is 36.1 Å². The first-order valence-corrected chi connectivity index (χ1v) is 8.18. The third-order valence-electron chi connectivity index (χ3n) is 4.95. The van der Waals surface area contributed by atoms with E-state index in [9.17, 15) is 4.79 Å². The number of carbonyl (C=O) groups is 1. The molecule has 2 aliphatic rings. The van der Waals surface area contributed by atoms with Crippen LogP contribution in [-0.2, 0) is 4.74 Å². The van der Waals surface area contributed by atoms with E-state index in [-0.39, 0.29) is 5.78 Å². The minimum atomic E-state index is 0.259. The van der Waals surface area contributed by atoms with Crippen LogP contribution in [0.2, 0.25) is 0 Å². The van der Waals surface area contributed by atoms with Crippen molar-refractivity contribution < 1.29 is 9.53 Å². The molecule has 21 heavy (non-hydrogen) atoms. The predicted octanol–water partition coefficient (Wildman–Crippen LogP) is 2.73. The number of morpholine rings is 1. The lowest BCUT2D eigenvalue weighted by Gasteiger charge is -2.25. The average molecular weight is 290 g/mol. The highest BCUT2D eigenvalue weighted by Crippen LogP contribution is 2.33. The molecule has 1 aromatic heterocycles. The smallest absolute Gasteiger partial charge is 0.178 e. The summed E-state index contributed by atoms with van der Waals surface area (Å²) in [6.45, 7) is 8.00. The van der Waals surface area contributed by atoms with Crippen molar-refractivity contribution in [2.45, 2.75) is 45.6 Å². The van der Waals surface area contributed by atoms with Crippen molar-refractivity contribution in [3.05, 3.63) is 23.0 Å². The van der Waals surface area contributed by atoms with Gasteiger partial charge in [0.15, 0.2) is 5.78 Å². The van der Waals surface area contributed by atoms with E-state index in [1.165, 1.54) is 31.4 Å². The van der Waals surface area contributed by atoms with Crippen LogP contribution in [0.15, 0.2) is 6.07 Å². The standard InChI is InChI=1S/C17H26N2O2/c1-13-11-16(14(2)19(13)15-5-3-4-6-15)17(20)12-18-7-9-21-10-8-18/h11,15H,3-10,12H2,1-2H3. The Labute approximate surface area is 127 Å². The summed E-state index contributed by atoms with van der Waals surface area (Å²) in [7, 11) is 0. The first-order valence-electron chi connectivity index (χ1n) is 8.18. The zero-order valence-electron chi connectivity index (χ0n) is 13.2. The minimum Gasteiger partial charge on any atom is -0.379 e. The molecule has 0 unspecified atom stereocenters. The molecule has 0 bridgehead atoms. The van der Waals surface area contributed by atoms with Gasteiger partial charge in [0.25, 0.3) is 0 Å². The zero-order chi connectivity index (χ0) is 14.8. The summed E-state index contributed by atoms with van der Waals surface area (Å²) in [5.41, 5.74) is 3.33. The molecular formula is C17H26N2O2. The second-order valence-corrected chi connectivity index (χ2v) is 6.40. The Morgan fingerprint density at radius 2 is 1.90 bits per heavy atom. The highest BCUT2D eigenvalue weighted by molar-refractivity contribution is 5.99. The van der Waals surface area contributed by atoms with E-state index in [1.54, 1.807) is 0 Å². The molecule has 4 nitrogen and oxygen atoms in total. The Kier molecular flexibility index (Phi) is 4.45. The van der Waals surface area contributed by atoms with Gasteiger partial charge in [-0.3, -0.25) is 9.69 Å². The van der Waals surface area contributed by atoms with Gasteiger partial charge in [0.05, 0.1) is 19.8 Å². The second kappa shape index (κ2) is 6.32. The molecule has 3 rings (SSSR count). The summed E-state index contributed by atoms with van der Waals surface area (Å²) in [4.78, 5) is 14.8. The first kappa shape index (κ1) is 14.8. The molecule has 116 valence electrons. The summed E-state index contributed by atoms with van der Waals surface area (Å²) in [5, 5.41) is 0. The topological polar surface area (TPSA) is 34.5 Å². The summed E-state index contributed by atoms with van der Waals surface area (Å²) in [6, 6.07) is 2.70. The van der Waals surface area contributed by atoms with Crippen molar-refractivity contribution in [1.29, 1.82) is 0 Å². The van der Waals surface area contributed by atoms with Gasteiger partial charge in [-0.15, -0.1) is 0 Å². The van der Waals surface area contributed by atoms with Crippen LogP contribution < -0.4 is 0 Å². The van der Waals surface area contributed by atoms with Crippen molar-refractivity contribution in [1.82, 2.24) is 9.47 Å². The zero-order valence-corrected chi connectivity index (χ0v) is 13.2. The van der Waals surface area contributed by atoms with E-state index in [0.717, 1.165) is 37.6 Å². The van der Waals surface area contributed by atoms with Crippen molar-refractivity contribution in [2.75, 3.05) is 32.8 Å². The van der Waals surface area contributed by atoms with E-state index in [0.29, 0.717) is 12.6 Å². The van der Waals surface area contributed by atoms with Crippen LogP contribution in [0.5, 0.6) is 0 Å². The predicted molar refractivity (Wildman–Crippen MR) is 83.0 cm³/mol. The maximum absolute atomic E-state index is 12.6. The Morgan fingerprint density at radius 1 is 1.24 bits per heavy atom.